The molecule has 2 aromatic rings. The van der Waals surface area contributed by atoms with E-state index >= 15 is 0 Å². The van der Waals surface area contributed by atoms with Gasteiger partial charge in [-0.25, -0.2) is 0 Å². The summed E-state index contributed by atoms with van der Waals surface area (Å²) >= 11 is 0. The molecule has 0 saturated carbocycles. The van der Waals surface area contributed by atoms with E-state index in [4.69, 9.17) is 0 Å². The molecule has 2 heterocycles. The van der Waals surface area contributed by atoms with Gasteiger partial charge in [-0.05, 0) is 30.2 Å². The largest absolute Gasteiger partial charge is 0.349 e. The number of hydrogen-bond acceptors (Lipinski definition) is 3. The molecule has 3 rings (SSSR count). The van der Waals surface area contributed by atoms with Crippen LogP contribution >= 0.6 is 0 Å². The SMILES string of the molecule is CC(NC(=O)C1CC(=O)Nc2ccccc21)c1cccnc1. The Labute approximate surface area is 128 Å². The van der Waals surface area contributed by atoms with Crippen LogP contribution in [0.4, 0.5) is 5.69 Å². The molecule has 2 amide bonds. The molecule has 5 heteroatoms. The quantitative estimate of drug-likeness (QED) is 0.913. The predicted molar refractivity (Wildman–Crippen MR) is 83.2 cm³/mol. The molecule has 2 atom stereocenters. The van der Waals surface area contributed by atoms with Crippen molar-refractivity contribution < 1.29 is 9.59 Å². The molecule has 1 aliphatic rings. The van der Waals surface area contributed by atoms with Gasteiger partial charge in [0.05, 0.1) is 12.0 Å². The Hall–Kier alpha value is -2.69. The predicted octanol–water partition coefficient (Wildman–Crippen LogP) is 2.38. The highest BCUT2D eigenvalue weighted by molar-refractivity contribution is 6.01. The summed E-state index contributed by atoms with van der Waals surface area (Å²) in [5.41, 5.74) is 2.51. The Morgan fingerprint density at radius 3 is 2.91 bits per heavy atom. The Balaban J connectivity index is 1.79. The highest BCUT2D eigenvalue weighted by Crippen LogP contribution is 2.32. The zero-order chi connectivity index (χ0) is 15.5. The highest BCUT2D eigenvalue weighted by Gasteiger charge is 2.31. The lowest BCUT2D eigenvalue weighted by molar-refractivity contribution is -0.126. The van der Waals surface area contributed by atoms with Crippen molar-refractivity contribution in [2.24, 2.45) is 0 Å². The van der Waals surface area contributed by atoms with Crippen molar-refractivity contribution >= 4 is 17.5 Å². The topological polar surface area (TPSA) is 71.1 Å². The number of hydrogen-bond donors (Lipinski definition) is 2. The van der Waals surface area contributed by atoms with Crippen LogP contribution < -0.4 is 10.6 Å². The molecule has 1 aromatic carbocycles. The number of anilines is 1. The van der Waals surface area contributed by atoms with E-state index in [-0.39, 0.29) is 24.3 Å². The van der Waals surface area contributed by atoms with Gasteiger partial charge in [0.2, 0.25) is 11.8 Å². The average molecular weight is 295 g/mol. The smallest absolute Gasteiger partial charge is 0.228 e. The second-order valence-corrected chi connectivity index (χ2v) is 5.41. The molecule has 0 saturated heterocycles. The van der Waals surface area contributed by atoms with E-state index < -0.39 is 5.92 Å². The highest BCUT2D eigenvalue weighted by atomic mass is 16.2. The van der Waals surface area contributed by atoms with Crippen LogP contribution in [0.3, 0.4) is 0 Å². The van der Waals surface area contributed by atoms with Gasteiger partial charge in [0.25, 0.3) is 0 Å². The van der Waals surface area contributed by atoms with Gasteiger partial charge in [-0.3, -0.25) is 14.6 Å². The molecule has 1 aromatic heterocycles. The average Bonchev–Trinajstić information content (AvgIpc) is 2.54. The van der Waals surface area contributed by atoms with Crippen molar-refractivity contribution in [1.29, 1.82) is 0 Å². The summed E-state index contributed by atoms with van der Waals surface area (Å²) in [6, 6.07) is 11.0. The number of rotatable bonds is 3. The molecule has 2 unspecified atom stereocenters. The van der Waals surface area contributed by atoms with Crippen LogP contribution in [0.1, 0.15) is 36.4 Å². The lowest BCUT2D eigenvalue weighted by Crippen LogP contribution is -2.36. The van der Waals surface area contributed by atoms with Crippen molar-refractivity contribution in [3.8, 4) is 0 Å². The summed E-state index contributed by atoms with van der Waals surface area (Å²) in [6.45, 7) is 1.91. The third-order valence-electron chi connectivity index (χ3n) is 3.86. The third kappa shape index (κ3) is 2.83. The summed E-state index contributed by atoms with van der Waals surface area (Å²) in [4.78, 5) is 28.4. The molecule has 112 valence electrons. The Morgan fingerprint density at radius 1 is 1.32 bits per heavy atom. The minimum atomic E-state index is -0.455. The van der Waals surface area contributed by atoms with Crippen molar-refractivity contribution in [2.45, 2.75) is 25.3 Å². The molecular formula is C17H17N3O2. The number of fused-ring (bicyclic) bond motifs is 1. The summed E-state index contributed by atoms with van der Waals surface area (Å²) < 4.78 is 0. The first-order valence-electron chi connectivity index (χ1n) is 7.24. The molecule has 22 heavy (non-hydrogen) atoms. The fourth-order valence-corrected chi connectivity index (χ4v) is 2.67. The molecule has 0 bridgehead atoms. The van der Waals surface area contributed by atoms with E-state index in [1.807, 2.05) is 43.3 Å². The third-order valence-corrected chi connectivity index (χ3v) is 3.86. The molecule has 0 radical (unpaired) electrons. The second kappa shape index (κ2) is 5.97. The maximum atomic E-state index is 12.6. The number of para-hydroxylation sites is 1. The van der Waals surface area contributed by atoms with Crippen LogP contribution in [0.15, 0.2) is 48.8 Å². The lowest BCUT2D eigenvalue weighted by atomic mass is 9.89. The van der Waals surface area contributed by atoms with Crippen LogP contribution in [0.25, 0.3) is 0 Å². The fraction of sp³-hybridized carbons (Fsp3) is 0.235. The van der Waals surface area contributed by atoms with E-state index in [1.165, 1.54) is 0 Å². The van der Waals surface area contributed by atoms with Gasteiger partial charge in [-0.1, -0.05) is 24.3 Å². The summed E-state index contributed by atoms with van der Waals surface area (Å²) in [5, 5.41) is 5.77. The number of amides is 2. The van der Waals surface area contributed by atoms with Crippen molar-refractivity contribution in [1.82, 2.24) is 10.3 Å². The summed E-state index contributed by atoms with van der Waals surface area (Å²) in [7, 11) is 0. The summed E-state index contributed by atoms with van der Waals surface area (Å²) in [6.07, 6.45) is 3.59. The van der Waals surface area contributed by atoms with Crippen molar-refractivity contribution in [3.05, 3.63) is 59.9 Å². The molecule has 1 aliphatic heterocycles. The lowest BCUT2D eigenvalue weighted by Gasteiger charge is -2.26. The number of nitrogens with one attached hydrogen (secondary N) is 2. The van der Waals surface area contributed by atoms with Gasteiger partial charge >= 0.3 is 0 Å². The maximum Gasteiger partial charge on any atom is 0.228 e. The first-order valence-corrected chi connectivity index (χ1v) is 7.24. The molecule has 0 spiro atoms. The molecule has 0 aliphatic carbocycles. The minimum Gasteiger partial charge on any atom is -0.349 e. The number of carbonyl (C=O) groups excluding carboxylic acids is 2. The zero-order valence-corrected chi connectivity index (χ0v) is 12.2. The normalized spacial score (nSPS) is 18.0. The van der Waals surface area contributed by atoms with Crippen LogP contribution in [0.2, 0.25) is 0 Å². The standard InChI is InChI=1S/C17H17N3O2/c1-11(12-5-4-8-18-10-12)19-17(22)14-9-16(21)20-15-7-3-2-6-13(14)15/h2-8,10-11,14H,9H2,1H3,(H,19,22)(H,20,21). The van der Waals surface area contributed by atoms with E-state index in [2.05, 4.69) is 15.6 Å². The number of pyridine rings is 1. The maximum absolute atomic E-state index is 12.6. The molecule has 5 nitrogen and oxygen atoms in total. The van der Waals surface area contributed by atoms with Gasteiger partial charge in [0.1, 0.15) is 0 Å². The van der Waals surface area contributed by atoms with Crippen LogP contribution in [-0.4, -0.2) is 16.8 Å². The van der Waals surface area contributed by atoms with Gasteiger partial charge in [0, 0.05) is 24.5 Å². The number of carbonyl (C=O) groups is 2. The van der Waals surface area contributed by atoms with E-state index in [0.717, 1.165) is 11.1 Å². The number of aromatic nitrogens is 1. The van der Waals surface area contributed by atoms with Gasteiger partial charge in [-0.2, -0.15) is 0 Å². The van der Waals surface area contributed by atoms with Gasteiger partial charge < -0.3 is 10.6 Å². The van der Waals surface area contributed by atoms with Crippen molar-refractivity contribution in [2.75, 3.05) is 5.32 Å². The first kappa shape index (κ1) is 14.3. The van der Waals surface area contributed by atoms with Gasteiger partial charge in [0.15, 0.2) is 0 Å². The minimum absolute atomic E-state index is 0.132. The number of nitrogens with zero attached hydrogens (tertiary/aromatic N) is 1. The van der Waals surface area contributed by atoms with Crippen LogP contribution in [-0.2, 0) is 9.59 Å². The molecular weight excluding hydrogens is 278 g/mol. The fourth-order valence-electron chi connectivity index (χ4n) is 2.67. The van der Waals surface area contributed by atoms with Gasteiger partial charge in [-0.15, -0.1) is 0 Å². The zero-order valence-electron chi connectivity index (χ0n) is 12.2. The summed E-state index contributed by atoms with van der Waals surface area (Å²) in [5.74, 6) is -0.726. The number of benzene rings is 1. The van der Waals surface area contributed by atoms with E-state index in [9.17, 15) is 9.59 Å². The second-order valence-electron chi connectivity index (χ2n) is 5.41. The molecule has 2 N–H and O–H groups in total. The van der Waals surface area contributed by atoms with E-state index in [1.54, 1.807) is 12.4 Å². The first-order chi connectivity index (χ1) is 10.6. The van der Waals surface area contributed by atoms with E-state index in [0.29, 0.717) is 5.69 Å². The van der Waals surface area contributed by atoms with Crippen LogP contribution in [0, 0.1) is 0 Å². The van der Waals surface area contributed by atoms with Crippen molar-refractivity contribution in [3.63, 3.8) is 0 Å². The van der Waals surface area contributed by atoms with Crippen LogP contribution in [0.5, 0.6) is 0 Å². The Morgan fingerprint density at radius 2 is 2.14 bits per heavy atom. The Bertz CT molecular complexity index is 700. The Kier molecular flexibility index (Phi) is 3.87. The monoisotopic (exact) mass is 295 g/mol. The molecule has 0 fully saturated rings.